The molecule has 1 saturated heterocycles. The molecular formula is C19H19ClFN3O2. The Bertz CT molecular complexity index is 822. The third kappa shape index (κ3) is 4.39. The quantitative estimate of drug-likeness (QED) is 0.752. The van der Waals surface area contributed by atoms with Crippen LogP contribution in [0.25, 0.3) is 0 Å². The molecule has 2 aromatic carbocycles. The molecule has 3 rings (SSSR count). The molecule has 3 N–H and O–H groups in total. The molecule has 1 aliphatic rings. The van der Waals surface area contributed by atoms with Crippen LogP contribution in [0, 0.1) is 11.7 Å². The molecule has 0 aromatic heterocycles. The van der Waals surface area contributed by atoms with Gasteiger partial charge in [0.1, 0.15) is 5.82 Å². The lowest BCUT2D eigenvalue weighted by Gasteiger charge is -2.12. The minimum Gasteiger partial charge on any atom is -0.348 e. The molecule has 1 unspecified atom stereocenters. The first-order valence-electron chi connectivity index (χ1n) is 8.37. The van der Waals surface area contributed by atoms with E-state index in [2.05, 4.69) is 16.0 Å². The molecule has 7 heteroatoms. The largest absolute Gasteiger partial charge is 0.348 e. The molecule has 136 valence electrons. The SMILES string of the molecule is O=C(NCc1ccccc1F)c1cc(NC(=O)C2CCNC2)ccc1Cl. The van der Waals surface area contributed by atoms with E-state index in [0.29, 0.717) is 17.8 Å². The fraction of sp³-hybridized carbons (Fsp3) is 0.263. The summed E-state index contributed by atoms with van der Waals surface area (Å²) in [5.41, 5.74) is 1.11. The summed E-state index contributed by atoms with van der Waals surface area (Å²) in [6, 6.07) is 11.0. The van der Waals surface area contributed by atoms with E-state index in [0.717, 1.165) is 13.0 Å². The highest BCUT2D eigenvalue weighted by Crippen LogP contribution is 2.22. The summed E-state index contributed by atoms with van der Waals surface area (Å²) in [5.74, 6) is -0.985. The second kappa shape index (κ2) is 8.29. The summed E-state index contributed by atoms with van der Waals surface area (Å²) in [5, 5.41) is 8.86. The normalized spacial score (nSPS) is 16.3. The van der Waals surface area contributed by atoms with E-state index < -0.39 is 5.91 Å². The van der Waals surface area contributed by atoms with Crippen LogP contribution in [0.15, 0.2) is 42.5 Å². The second-order valence-corrected chi connectivity index (χ2v) is 6.55. The van der Waals surface area contributed by atoms with E-state index in [1.54, 1.807) is 30.3 Å². The standard InChI is InChI=1S/C19H19ClFN3O2/c20-16-6-5-14(24-18(25)13-7-8-22-10-13)9-15(16)19(26)23-11-12-3-1-2-4-17(12)21/h1-6,9,13,22H,7-8,10-11H2,(H,23,26)(H,24,25). The van der Waals surface area contributed by atoms with Crippen LogP contribution in [-0.4, -0.2) is 24.9 Å². The number of hydrogen-bond donors (Lipinski definition) is 3. The molecule has 5 nitrogen and oxygen atoms in total. The molecule has 1 fully saturated rings. The van der Waals surface area contributed by atoms with Crippen molar-refractivity contribution in [2.24, 2.45) is 5.92 Å². The molecular weight excluding hydrogens is 357 g/mol. The Morgan fingerprint density at radius 3 is 2.77 bits per heavy atom. The number of halogens is 2. The maximum absolute atomic E-state index is 13.6. The van der Waals surface area contributed by atoms with E-state index in [1.165, 1.54) is 12.1 Å². The van der Waals surface area contributed by atoms with Crippen molar-refractivity contribution < 1.29 is 14.0 Å². The molecule has 0 aliphatic carbocycles. The Balaban J connectivity index is 1.67. The van der Waals surface area contributed by atoms with Crippen molar-refractivity contribution in [1.29, 1.82) is 0 Å². The molecule has 26 heavy (non-hydrogen) atoms. The summed E-state index contributed by atoms with van der Waals surface area (Å²) in [6.45, 7) is 1.52. The predicted molar refractivity (Wildman–Crippen MR) is 98.6 cm³/mol. The number of amides is 2. The van der Waals surface area contributed by atoms with Gasteiger partial charge in [-0.15, -0.1) is 0 Å². The van der Waals surface area contributed by atoms with Crippen LogP contribution in [0.4, 0.5) is 10.1 Å². The maximum Gasteiger partial charge on any atom is 0.253 e. The molecule has 0 spiro atoms. The zero-order valence-corrected chi connectivity index (χ0v) is 14.8. The Morgan fingerprint density at radius 1 is 1.23 bits per heavy atom. The van der Waals surface area contributed by atoms with Crippen LogP contribution >= 0.6 is 11.6 Å². The van der Waals surface area contributed by atoms with Crippen molar-refractivity contribution in [2.75, 3.05) is 18.4 Å². The van der Waals surface area contributed by atoms with Crippen LogP contribution in [0.1, 0.15) is 22.3 Å². The average molecular weight is 376 g/mol. The molecule has 2 amide bonds. The van der Waals surface area contributed by atoms with Crippen LogP contribution in [-0.2, 0) is 11.3 Å². The van der Waals surface area contributed by atoms with Gasteiger partial charge in [0.2, 0.25) is 5.91 Å². The summed E-state index contributed by atoms with van der Waals surface area (Å²) in [4.78, 5) is 24.6. The molecule has 0 saturated carbocycles. The highest BCUT2D eigenvalue weighted by Gasteiger charge is 2.22. The molecule has 1 atom stereocenters. The minimum absolute atomic E-state index is 0.0478. The zero-order valence-electron chi connectivity index (χ0n) is 14.0. The van der Waals surface area contributed by atoms with Crippen LogP contribution in [0.5, 0.6) is 0 Å². The Kier molecular flexibility index (Phi) is 5.85. The van der Waals surface area contributed by atoms with Gasteiger partial charge >= 0.3 is 0 Å². The van der Waals surface area contributed by atoms with Crippen LogP contribution in [0.2, 0.25) is 5.02 Å². The number of anilines is 1. The smallest absolute Gasteiger partial charge is 0.253 e. The van der Waals surface area contributed by atoms with Gasteiger partial charge in [-0.25, -0.2) is 4.39 Å². The number of benzene rings is 2. The third-order valence-corrected chi connectivity index (χ3v) is 4.64. The van der Waals surface area contributed by atoms with Gasteiger partial charge in [-0.3, -0.25) is 9.59 Å². The Morgan fingerprint density at radius 2 is 2.04 bits per heavy atom. The van der Waals surface area contributed by atoms with Crippen LogP contribution in [0.3, 0.4) is 0 Å². The van der Waals surface area contributed by atoms with Crippen molar-refractivity contribution in [2.45, 2.75) is 13.0 Å². The minimum atomic E-state index is -0.433. The van der Waals surface area contributed by atoms with Crippen molar-refractivity contribution in [3.63, 3.8) is 0 Å². The first-order chi connectivity index (χ1) is 12.5. The molecule has 2 aromatic rings. The maximum atomic E-state index is 13.6. The van der Waals surface area contributed by atoms with Gasteiger partial charge in [0, 0.05) is 24.3 Å². The monoisotopic (exact) mass is 375 g/mol. The average Bonchev–Trinajstić information content (AvgIpc) is 3.17. The topological polar surface area (TPSA) is 70.2 Å². The van der Waals surface area contributed by atoms with Gasteiger partial charge in [0.15, 0.2) is 0 Å². The third-order valence-electron chi connectivity index (χ3n) is 4.31. The number of rotatable bonds is 5. The van der Waals surface area contributed by atoms with Crippen LogP contribution < -0.4 is 16.0 Å². The van der Waals surface area contributed by atoms with E-state index in [1.807, 2.05) is 0 Å². The summed E-state index contributed by atoms with van der Waals surface area (Å²) < 4.78 is 13.6. The molecule has 0 radical (unpaired) electrons. The predicted octanol–water partition coefficient (Wildman–Crippen LogP) is 2.96. The molecule has 0 bridgehead atoms. The van der Waals surface area contributed by atoms with Gasteiger partial charge in [0.05, 0.1) is 16.5 Å². The van der Waals surface area contributed by atoms with Gasteiger partial charge in [0.25, 0.3) is 5.91 Å². The number of carbonyl (C=O) groups is 2. The van der Waals surface area contributed by atoms with E-state index in [9.17, 15) is 14.0 Å². The summed E-state index contributed by atoms with van der Waals surface area (Å²) >= 11 is 6.11. The molecule has 1 aliphatic heterocycles. The molecule has 1 heterocycles. The first-order valence-corrected chi connectivity index (χ1v) is 8.75. The van der Waals surface area contributed by atoms with Gasteiger partial charge in [-0.05, 0) is 37.2 Å². The van der Waals surface area contributed by atoms with Gasteiger partial charge in [-0.2, -0.15) is 0 Å². The Hall–Kier alpha value is -2.44. The highest BCUT2D eigenvalue weighted by molar-refractivity contribution is 6.34. The first kappa shape index (κ1) is 18.4. The van der Waals surface area contributed by atoms with Crippen molar-refractivity contribution in [1.82, 2.24) is 10.6 Å². The lowest BCUT2D eigenvalue weighted by Crippen LogP contribution is -2.26. The van der Waals surface area contributed by atoms with E-state index in [4.69, 9.17) is 11.6 Å². The lowest BCUT2D eigenvalue weighted by molar-refractivity contribution is -0.119. The zero-order chi connectivity index (χ0) is 18.5. The number of hydrogen-bond acceptors (Lipinski definition) is 3. The number of carbonyl (C=O) groups excluding carboxylic acids is 2. The van der Waals surface area contributed by atoms with Crippen molar-refractivity contribution in [3.05, 3.63) is 64.4 Å². The van der Waals surface area contributed by atoms with Gasteiger partial charge in [-0.1, -0.05) is 29.8 Å². The van der Waals surface area contributed by atoms with Gasteiger partial charge < -0.3 is 16.0 Å². The van der Waals surface area contributed by atoms with E-state index in [-0.39, 0.29) is 34.8 Å². The number of nitrogens with one attached hydrogen (secondary N) is 3. The highest BCUT2D eigenvalue weighted by atomic mass is 35.5. The van der Waals surface area contributed by atoms with Crippen molar-refractivity contribution in [3.8, 4) is 0 Å². The summed E-state index contributed by atoms with van der Waals surface area (Å²) in [7, 11) is 0. The second-order valence-electron chi connectivity index (χ2n) is 6.15. The van der Waals surface area contributed by atoms with Crippen molar-refractivity contribution >= 4 is 29.1 Å². The lowest BCUT2D eigenvalue weighted by atomic mass is 10.1. The fourth-order valence-corrected chi connectivity index (χ4v) is 3.02. The fourth-order valence-electron chi connectivity index (χ4n) is 2.81. The Labute approximate surface area is 155 Å². The summed E-state index contributed by atoms with van der Waals surface area (Å²) in [6.07, 6.45) is 0.787. The van der Waals surface area contributed by atoms with E-state index >= 15 is 0 Å².